The molecule has 0 spiro atoms. The van der Waals surface area contributed by atoms with Crippen molar-refractivity contribution in [3.05, 3.63) is 0 Å². The van der Waals surface area contributed by atoms with Crippen LogP contribution in [0.15, 0.2) is 0 Å². The number of hydrogen-bond acceptors (Lipinski definition) is 2. The molecule has 0 radical (unpaired) electrons. The second kappa shape index (κ2) is 1.95. The normalized spacial score (nSPS) is 37.6. The van der Waals surface area contributed by atoms with Gasteiger partial charge in [0.15, 0.2) is 0 Å². The van der Waals surface area contributed by atoms with Crippen LogP contribution >= 0.6 is 0 Å². The summed E-state index contributed by atoms with van der Waals surface area (Å²) in [5.41, 5.74) is 0. The Morgan fingerprint density at radius 1 is 1.50 bits per heavy atom. The van der Waals surface area contributed by atoms with Crippen molar-refractivity contribution in [3.8, 4) is 0 Å². The van der Waals surface area contributed by atoms with Crippen LogP contribution in [0.25, 0.3) is 0 Å². The van der Waals surface area contributed by atoms with E-state index in [-0.39, 0.29) is 12.0 Å². The molecule has 0 heterocycles. The summed E-state index contributed by atoms with van der Waals surface area (Å²) in [4.78, 5) is 10.3. The maximum absolute atomic E-state index is 10.3. The number of carboxylic acids is 1. The van der Waals surface area contributed by atoms with Gasteiger partial charge in [-0.15, -0.1) is 0 Å². The van der Waals surface area contributed by atoms with E-state index in [0.29, 0.717) is 6.10 Å². The van der Waals surface area contributed by atoms with Crippen molar-refractivity contribution >= 4 is 5.97 Å². The standard InChI is InChI=1S/C7H10O3/c8-7(9)5-3-6(5)10-4-1-2-4/h4-6H,1-3H2,(H,8,9). The first-order chi connectivity index (χ1) is 4.77. The molecule has 3 heteroatoms. The molecule has 0 bridgehead atoms. The summed E-state index contributed by atoms with van der Waals surface area (Å²) in [6.45, 7) is 0. The van der Waals surface area contributed by atoms with Crippen molar-refractivity contribution in [2.75, 3.05) is 0 Å². The SMILES string of the molecule is O=C(O)C1CC1OC1CC1. The summed E-state index contributed by atoms with van der Waals surface area (Å²) >= 11 is 0. The summed E-state index contributed by atoms with van der Waals surface area (Å²) < 4.78 is 5.37. The molecule has 0 aromatic rings. The lowest BCUT2D eigenvalue weighted by Gasteiger charge is -1.96. The number of ether oxygens (including phenoxy) is 1. The van der Waals surface area contributed by atoms with E-state index in [1.165, 1.54) is 0 Å². The summed E-state index contributed by atoms with van der Waals surface area (Å²) in [7, 11) is 0. The Balaban J connectivity index is 1.73. The highest BCUT2D eigenvalue weighted by molar-refractivity contribution is 5.74. The molecule has 3 nitrogen and oxygen atoms in total. The molecule has 0 aromatic heterocycles. The highest BCUT2D eigenvalue weighted by atomic mass is 16.5. The molecule has 2 rings (SSSR count). The van der Waals surface area contributed by atoms with Crippen LogP contribution in [0.2, 0.25) is 0 Å². The average molecular weight is 142 g/mol. The monoisotopic (exact) mass is 142 g/mol. The topological polar surface area (TPSA) is 46.5 Å². The molecule has 0 saturated heterocycles. The van der Waals surface area contributed by atoms with Crippen molar-refractivity contribution in [1.29, 1.82) is 0 Å². The Labute approximate surface area is 59.0 Å². The Morgan fingerprint density at radius 2 is 2.20 bits per heavy atom. The number of hydrogen-bond donors (Lipinski definition) is 1. The Bertz CT molecular complexity index is 162. The summed E-state index contributed by atoms with van der Waals surface area (Å²) in [5, 5.41) is 8.48. The van der Waals surface area contributed by atoms with Gasteiger partial charge < -0.3 is 9.84 Å². The van der Waals surface area contributed by atoms with Crippen LogP contribution in [0.4, 0.5) is 0 Å². The Kier molecular flexibility index (Phi) is 1.20. The quantitative estimate of drug-likeness (QED) is 0.629. The molecule has 1 N–H and O–H groups in total. The summed E-state index contributed by atoms with van der Waals surface area (Å²) in [6.07, 6.45) is 3.43. The van der Waals surface area contributed by atoms with Gasteiger partial charge in [-0.25, -0.2) is 0 Å². The van der Waals surface area contributed by atoms with Crippen molar-refractivity contribution < 1.29 is 14.6 Å². The van der Waals surface area contributed by atoms with Crippen LogP contribution in [-0.4, -0.2) is 23.3 Å². The minimum absolute atomic E-state index is 0.0463. The van der Waals surface area contributed by atoms with Gasteiger partial charge in [-0.2, -0.15) is 0 Å². The van der Waals surface area contributed by atoms with E-state index >= 15 is 0 Å². The molecule has 10 heavy (non-hydrogen) atoms. The van der Waals surface area contributed by atoms with Crippen LogP contribution < -0.4 is 0 Å². The first-order valence-corrected chi connectivity index (χ1v) is 3.65. The van der Waals surface area contributed by atoms with Gasteiger partial charge in [0.05, 0.1) is 18.1 Å². The largest absolute Gasteiger partial charge is 0.481 e. The number of carbonyl (C=O) groups is 1. The number of aliphatic carboxylic acids is 1. The maximum Gasteiger partial charge on any atom is 0.309 e. The van der Waals surface area contributed by atoms with E-state index in [1.54, 1.807) is 0 Å². The van der Waals surface area contributed by atoms with Crippen molar-refractivity contribution in [3.63, 3.8) is 0 Å². The zero-order valence-corrected chi connectivity index (χ0v) is 5.62. The van der Waals surface area contributed by atoms with Gasteiger partial charge >= 0.3 is 5.97 Å². The Hall–Kier alpha value is -0.570. The van der Waals surface area contributed by atoms with E-state index < -0.39 is 5.97 Å². The predicted octanol–water partition coefficient (Wildman–Crippen LogP) is 0.639. The molecule has 2 atom stereocenters. The van der Waals surface area contributed by atoms with Crippen molar-refractivity contribution in [2.24, 2.45) is 5.92 Å². The van der Waals surface area contributed by atoms with Crippen LogP contribution in [-0.2, 0) is 9.53 Å². The molecular formula is C7H10O3. The molecule has 2 fully saturated rings. The number of rotatable bonds is 3. The number of carboxylic acid groups (broad SMARTS) is 1. The van der Waals surface area contributed by atoms with Gasteiger partial charge in [-0.3, -0.25) is 4.79 Å². The molecule has 2 aliphatic rings. The van der Waals surface area contributed by atoms with Crippen LogP contribution in [0, 0.1) is 5.92 Å². The third kappa shape index (κ3) is 1.14. The second-order valence-corrected chi connectivity index (χ2v) is 3.05. The summed E-state index contributed by atoms with van der Waals surface area (Å²) in [6, 6.07) is 0. The third-order valence-electron chi connectivity index (χ3n) is 1.94. The average Bonchev–Trinajstić information content (AvgIpc) is 2.63. The van der Waals surface area contributed by atoms with Crippen LogP contribution in [0.3, 0.4) is 0 Å². The first-order valence-electron chi connectivity index (χ1n) is 3.65. The molecule has 2 saturated carbocycles. The third-order valence-corrected chi connectivity index (χ3v) is 1.94. The van der Waals surface area contributed by atoms with Gasteiger partial charge in [0.1, 0.15) is 0 Å². The maximum atomic E-state index is 10.3. The second-order valence-electron chi connectivity index (χ2n) is 3.05. The smallest absolute Gasteiger partial charge is 0.309 e. The molecule has 0 aromatic carbocycles. The summed E-state index contributed by atoms with van der Waals surface area (Å²) in [5.74, 6) is -0.897. The highest BCUT2D eigenvalue weighted by Crippen LogP contribution is 2.39. The molecule has 56 valence electrons. The minimum Gasteiger partial charge on any atom is -0.481 e. The van der Waals surface area contributed by atoms with Gasteiger partial charge in [0.2, 0.25) is 0 Å². The van der Waals surface area contributed by atoms with Crippen LogP contribution in [0.1, 0.15) is 19.3 Å². The fourth-order valence-corrected chi connectivity index (χ4v) is 1.03. The molecular weight excluding hydrogens is 132 g/mol. The zero-order chi connectivity index (χ0) is 7.14. The molecule has 2 unspecified atom stereocenters. The Morgan fingerprint density at radius 3 is 2.60 bits per heavy atom. The van der Waals surface area contributed by atoms with Gasteiger partial charge in [0, 0.05) is 0 Å². The molecule has 0 aliphatic heterocycles. The molecule has 2 aliphatic carbocycles. The van der Waals surface area contributed by atoms with Gasteiger partial charge in [-0.05, 0) is 19.3 Å². The van der Waals surface area contributed by atoms with Crippen LogP contribution in [0.5, 0.6) is 0 Å². The zero-order valence-electron chi connectivity index (χ0n) is 5.62. The predicted molar refractivity (Wildman–Crippen MR) is 33.6 cm³/mol. The lowest BCUT2D eigenvalue weighted by molar-refractivity contribution is -0.139. The lowest BCUT2D eigenvalue weighted by atomic mass is 10.4. The van der Waals surface area contributed by atoms with E-state index in [0.717, 1.165) is 19.3 Å². The fraction of sp³-hybridized carbons (Fsp3) is 0.857. The molecule has 0 amide bonds. The van der Waals surface area contributed by atoms with Gasteiger partial charge in [0.25, 0.3) is 0 Å². The first kappa shape index (κ1) is 6.16. The fourth-order valence-electron chi connectivity index (χ4n) is 1.03. The highest BCUT2D eigenvalue weighted by Gasteiger charge is 2.47. The van der Waals surface area contributed by atoms with E-state index in [1.807, 2.05) is 0 Å². The van der Waals surface area contributed by atoms with E-state index in [2.05, 4.69) is 0 Å². The van der Waals surface area contributed by atoms with E-state index in [4.69, 9.17) is 9.84 Å². The lowest BCUT2D eigenvalue weighted by Crippen LogP contribution is -2.06. The van der Waals surface area contributed by atoms with Crippen molar-refractivity contribution in [2.45, 2.75) is 31.5 Å². The van der Waals surface area contributed by atoms with E-state index in [9.17, 15) is 4.79 Å². The van der Waals surface area contributed by atoms with Gasteiger partial charge in [-0.1, -0.05) is 0 Å². The van der Waals surface area contributed by atoms with Crippen molar-refractivity contribution in [1.82, 2.24) is 0 Å². The minimum atomic E-state index is -0.703.